The van der Waals surface area contributed by atoms with Crippen LogP contribution in [0.5, 0.6) is 0 Å². The molecule has 0 spiro atoms. The van der Waals surface area contributed by atoms with Crippen molar-refractivity contribution in [3.63, 3.8) is 0 Å². The summed E-state index contributed by atoms with van der Waals surface area (Å²) in [6.45, 7) is 5.89. The topological polar surface area (TPSA) is 58.8 Å². The number of hydrogen-bond acceptors (Lipinski definition) is 4. The lowest BCUT2D eigenvalue weighted by atomic mass is 10.1. The van der Waals surface area contributed by atoms with Gasteiger partial charge >= 0.3 is 0 Å². The van der Waals surface area contributed by atoms with Crippen molar-refractivity contribution in [3.05, 3.63) is 29.8 Å². The molecule has 0 aromatic heterocycles. The average Bonchev–Trinajstić information content (AvgIpc) is 3.03. The Labute approximate surface area is 156 Å². The highest BCUT2D eigenvalue weighted by Gasteiger charge is 2.34. The number of benzene rings is 1. The number of carbonyl (C=O) groups is 1. The largest absolute Gasteiger partial charge is 0.368 e. The number of halogens is 2. The van der Waals surface area contributed by atoms with Gasteiger partial charge in [0.25, 0.3) is 5.91 Å². The van der Waals surface area contributed by atoms with E-state index >= 15 is 0 Å². The van der Waals surface area contributed by atoms with Gasteiger partial charge in [-0.2, -0.15) is 0 Å². The van der Waals surface area contributed by atoms with Crippen molar-refractivity contribution in [2.75, 3.05) is 37.6 Å². The minimum atomic E-state index is -0.279. The Hall–Kier alpha value is -1.01. The summed E-state index contributed by atoms with van der Waals surface area (Å²) in [5.41, 5.74) is 8.12. The number of ether oxygens (including phenoxy) is 1. The summed E-state index contributed by atoms with van der Waals surface area (Å²) in [6, 6.07) is 8.52. The maximum Gasteiger partial charge on any atom is 0.251 e. The van der Waals surface area contributed by atoms with Gasteiger partial charge in [-0.1, -0.05) is 12.1 Å². The minimum absolute atomic E-state index is 0. The molecule has 1 aromatic rings. The molecule has 0 saturated carbocycles. The van der Waals surface area contributed by atoms with Crippen molar-refractivity contribution in [2.24, 2.45) is 5.73 Å². The quantitative estimate of drug-likeness (QED) is 0.877. The first-order valence-corrected chi connectivity index (χ1v) is 8.13. The van der Waals surface area contributed by atoms with Crippen LogP contribution in [0, 0.1) is 6.92 Å². The van der Waals surface area contributed by atoms with Gasteiger partial charge in [0.05, 0.1) is 6.10 Å². The van der Waals surface area contributed by atoms with Crippen LogP contribution in [0.15, 0.2) is 24.3 Å². The number of rotatable bonds is 3. The Morgan fingerprint density at radius 3 is 2.50 bits per heavy atom. The van der Waals surface area contributed by atoms with Gasteiger partial charge in [-0.25, -0.2) is 0 Å². The third-order valence-electron chi connectivity index (χ3n) is 4.60. The molecule has 3 rings (SSSR count). The number of carbonyl (C=O) groups excluding carboxylic acids is 1. The van der Waals surface area contributed by atoms with E-state index in [-0.39, 0.29) is 42.9 Å². The van der Waals surface area contributed by atoms with Gasteiger partial charge in [-0.3, -0.25) is 4.79 Å². The Morgan fingerprint density at radius 1 is 1.21 bits per heavy atom. The minimum Gasteiger partial charge on any atom is -0.368 e. The maximum atomic E-state index is 12.5. The van der Waals surface area contributed by atoms with E-state index < -0.39 is 0 Å². The van der Waals surface area contributed by atoms with Crippen LogP contribution in [0.1, 0.15) is 18.4 Å². The standard InChI is InChI=1S/C17H25N3O2.2ClH/c1-13-3-2-4-14(11-13)19-7-9-20(10-8-19)17(21)16-6-5-15(12-18)22-16;;/h2-4,11,15-16H,5-10,12,18H2,1H3;2*1H/t15-,16+;;/m1../s1. The van der Waals surface area contributed by atoms with E-state index in [4.69, 9.17) is 10.5 Å². The number of anilines is 1. The van der Waals surface area contributed by atoms with Crippen molar-refractivity contribution in [1.82, 2.24) is 4.90 Å². The van der Waals surface area contributed by atoms with Crippen LogP contribution in [0.4, 0.5) is 5.69 Å². The highest BCUT2D eigenvalue weighted by Crippen LogP contribution is 2.22. The fraction of sp³-hybridized carbons (Fsp3) is 0.588. The molecule has 2 heterocycles. The average molecular weight is 376 g/mol. The number of nitrogens with zero attached hydrogens (tertiary/aromatic N) is 2. The van der Waals surface area contributed by atoms with Crippen molar-refractivity contribution in [2.45, 2.75) is 32.0 Å². The van der Waals surface area contributed by atoms with E-state index in [0.717, 1.165) is 39.0 Å². The zero-order valence-electron chi connectivity index (χ0n) is 14.0. The fourth-order valence-corrected chi connectivity index (χ4v) is 3.27. The smallest absolute Gasteiger partial charge is 0.251 e. The molecule has 2 N–H and O–H groups in total. The molecule has 1 aromatic carbocycles. The summed E-state index contributed by atoms with van der Waals surface area (Å²) in [6.07, 6.45) is 1.48. The zero-order chi connectivity index (χ0) is 15.5. The van der Waals surface area contributed by atoms with Gasteiger partial charge in [0.15, 0.2) is 0 Å². The Morgan fingerprint density at radius 2 is 1.92 bits per heavy atom. The van der Waals surface area contributed by atoms with Crippen LogP contribution in [0.3, 0.4) is 0 Å². The van der Waals surface area contributed by atoms with Gasteiger partial charge in [0.2, 0.25) is 0 Å². The van der Waals surface area contributed by atoms with E-state index in [0.29, 0.717) is 6.54 Å². The maximum absolute atomic E-state index is 12.5. The molecular weight excluding hydrogens is 349 g/mol. The molecule has 0 aliphatic carbocycles. The molecule has 0 radical (unpaired) electrons. The van der Waals surface area contributed by atoms with Gasteiger partial charge in [0.1, 0.15) is 6.10 Å². The van der Waals surface area contributed by atoms with Crippen molar-refractivity contribution < 1.29 is 9.53 Å². The van der Waals surface area contributed by atoms with Crippen LogP contribution in [-0.2, 0) is 9.53 Å². The molecule has 5 nitrogen and oxygen atoms in total. The Kier molecular flexibility index (Phi) is 8.30. The second-order valence-corrected chi connectivity index (χ2v) is 6.21. The second-order valence-electron chi connectivity index (χ2n) is 6.21. The third kappa shape index (κ3) is 4.76. The zero-order valence-corrected chi connectivity index (χ0v) is 15.7. The Balaban J connectivity index is 0.00000144. The number of nitrogens with two attached hydrogens (primary N) is 1. The van der Waals surface area contributed by atoms with E-state index in [1.807, 2.05) is 4.90 Å². The summed E-state index contributed by atoms with van der Waals surface area (Å²) >= 11 is 0. The first kappa shape index (κ1) is 21.0. The lowest BCUT2D eigenvalue weighted by Gasteiger charge is -2.37. The van der Waals surface area contributed by atoms with Crippen molar-refractivity contribution in [1.29, 1.82) is 0 Å². The van der Waals surface area contributed by atoms with Gasteiger partial charge in [-0.15, -0.1) is 24.8 Å². The van der Waals surface area contributed by atoms with Crippen LogP contribution in [0.2, 0.25) is 0 Å². The lowest BCUT2D eigenvalue weighted by molar-refractivity contribution is -0.143. The summed E-state index contributed by atoms with van der Waals surface area (Å²) < 4.78 is 5.72. The van der Waals surface area contributed by atoms with Crippen LogP contribution >= 0.6 is 24.8 Å². The van der Waals surface area contributed by atoms with Crippen molar-refractivity contribution in [3.8, 4) is 0 Å². The first-order valence-electron chi connectivity index (χ1n) is 8.13. The fourth-order valence-electron chi connectivity index (χ4n) is 3.27. The van der Waals surface area contributed by atoms with Gasteiger partial charge in [0, 0.05) is 38.4 Å². The number of aryl methyl sites for hydroxylation is 1. The molecular formula is C17H27Cl2N3O2. The predicted molar refractivity (Wildman–Crippen MR) is 101 cm³/mol. The van der Waals surface area contributed by atoms with E-state index in [2.05, 4.69) is 36.1 Å². The Bertz CT molecular complexity index is 536. The molecule has 1 amide bonds. The van der Waals surface area contributed by atoms with Crippen LogP contribution in [-0.4, -0.2) is 55.7 Å². The highest BCUT2D eigenvalue weighted by atomic mass is 35.5. The van der Waals surface area contributed by atoms with E-state index in [9.17, 15) is 4.79 Å². The summed E-state index contributed by atoms with van der Waals surface area (Å²) in [5, 5.41) is 0. The number of amides is 1. The third-order valence-corrected chi connectivity index (χ3v) is 4.60. The molecule has 0 unspecified atom stereocenters. The summed E-state index contributed by atoms with van der Waals surface area (Å²) in [4.78, 5) is 16.8. The molecule has 0 bridgehead atoms. The number of piperazine rings is 1. The molecule has 2 aliphatic rings. The molecule has 2 aliphatic heterocycles. The molecule has 2 atom stereocenters. The SMILES string of the molecule is Cc1cccc(N2CCN(C(=O)[C@@H]3CC[C@H](CN)O3)CC2)c1.Cl.Cl. The monoisotopic (exact) mass is 375 g/mol. The highest BCUT2D eigenvalue weighted by molar-refractivity contribution is 5.85. The molecule has 136 valence electrons. The van der Waals surface area contributed by atoms with Gasteiger partial charge in [-0.05, 0) is 37.5 Å². The number of hydrogen-bond donors (Lipinski definition) is 1. The lowest BCUT2D eigenvalue weighted by Crippen LogP contribution is -2.51. The molecule has 7 heteroatoms. The second kappa shape index (κ2) is 9.47. The predicted octanol–water partition coefficient (Wildman–Crippen LogP) is 1.99. The van der Waals surface area contributed by atoms with Gasteiger partial charge < -0.3 is 20.3 Å². The van der Waals surface area contributed by atoms with E-state index in [1.165, 1.54) is 11.3 Å². The molecule has 2 fully saturated rings. The first-order chi connectivity index (χ1) is 10.7. The van der Waals surface area contributed by atoms with Crippen LogP contribution < -0.4 is 10.6 Å². The summed E-state index contributed by atoms with van der Waals surface area (Å²) in [7, 11) is 0. The van der Waals surface area contributed by atoms with Crippen LogP contribution in [0.25, 0.3) is 0 Å². The summed E-state index contributed by atoms with van der Waals surface area (Å²) in [5.74, 6) is 0.139. The molecule has 2 saturated heterocycles. The normalized spacial score (nSPS) is 23.4. The van der Waals surface area contributed by atoms with Crippen molar-refractivity contribution >= 4 is 36.4 Å². The van der Waals surface area contributed by atoms with E-state index in [1.54, 1.807) is 0 Å². The molecule has 24 heavy (non-hydrogen) atoms.